The molecule has 1 N–H and O–H groups in total. The zero-order valence-electron chi connectivity index (χ0n) is 8.89. The van der Waals surface area contributed by atoms with Crippen LogP contribution in [0.4, 0.5) is 4.39 Å². The van der Waals surface area contributed by atoms with Gasteiger partial charge in [-0.1, -0.05) is 0 Å². The highest BCUT2D eigenvalue weighted by Gasteiger charge is 2.06. The monoisotopic (exact) mass is 251 g/mol. The Morgan fingerprint density at radius 2 is 2.06 bits per heavy atom. The van der Waals surface area contributed by atoms with E-state index in [9.17, 15) is 9.18 Å². The molecule has 0 saturated heterocycles. The first-order valence-corrected chi connectivity index (χ1v) is 5.95. The lowest BCUT2D eigenvalue weighted by atomic mass is 10.2. The largest absolute Gasteiger partial charge is 0.481 e. The third-order valence-corrected chi connectivity index (χ3v) is 3.18. The quantitative estimate of drug-likeness (QED) is 0.908. The first-order valence-electron chi connectivity index (χ1n) is 5.07. The number of aryl methyl sites for hydroxylation is 1. The number of aromatic nitrogens is 1. The minimum absolute atomic E-state index is 0.0760. The van der Waals surface area contributed by atoms with Gasteiger partial charge in [0.2, 0.25) is 0 Å². The summed E-state index contributed by atoms with van der Waals surface area (Å²) in [6.07, 6.45) is 0.500. The topological polar surface area (TPSA) is 50.2 Å². The molecule has 0 aliphatic heterocycles. The summed E-state index contributed by atoms with van der Waals surface area (Å²) >= 11 is 1.43. The van der Waals surface area contributed by atoms with Crippen molar-refractivity contribution in [2.24, 2.45) is 0 Å². The molecule has 0 fully saturated rings. The van der Waals surface area contributed by atoms with Gasteiger partial charge >= 0.3 is 5.97 Å². The van der Waals surface area contributed by atoms with E-state index in [2.05, 4.69) is 4.98 Å². The molecule has 2 aromatic rings. The number of aliphatic carboxylic acids is 1. The Hall–Kier alpha value is -1.75. The van der Waals surface area contributed by atoms with E-state index in [-0.39, 0.29) is 12.2 Å². The maximum absolute atomic E-state index is 12.7. The Bertz CT molecular complexity index is 522. The minimum Gasteiger partial charge on any atom is -0.481 e. The Balaban J connectivity index is 2.12. The standard InChI is InChI=1S/C12H10FNO2S/c13-9-3-1-8(2-4-9)12-14-10(7-17-12)5-6-11(15)16/h1-4,7H,5-6H2,(H,15,16). The molecular formula is C12H10FNO2S. The maximum atomic E-state index is 12.7. The van der Waals surface area contributed by atoms with Gasteiger partial charge in [-0.2, -0.15) is 0 Å². The van der Waals surface area contributed by atoms with E-state index in [1.807, 2.05) is 5.38 Å². The average molecular weight is 251 g/mol. The number of nitrogens with zero attached hydrogens (tertiary/aromatic N) is 1. The fourth-order valence-corrected chi connectivity index (χ4v) is 2.24. The van der Waals surface area contributed by atoms with Gasteiger partial charge in [0.05, 0.1) is 12.1 Å². The van der Waals surface area contributed by atoms with E-state index < -0.39 is 5.97 Å². The van der Waals surface area contributed by atoms with Crippen molar-refractivity contribution >= 4 is 17.3 Å². The molecule has 0 unspecified atom stereocenters. The first-order chi connectivity index (χ1) is 8.15. The number of thiazole rings is 1. The lowest BCUT2D eigenvalue weighted by molar-refractivity contribution is -0.136. The maximum Gasteiger partial charge on any atom is 0.303 e. The number of carboxylic acid groups (broad SMARTS) is 1. The fourth-order valence-electron chi connectivity index (χ4n) is 1.38. The van der Waals surface area contributed by atoms with Crippen LogP contribution in [-0.4, -0.2) is 16.1 Å². The zero-order valence-corrected chi connectivity index (χ0v) is 9.71. The van der Waals surface area contributed by atoms with Crippen LogP contribution < -0.4 is 0 Å². The van der Waals surface area contributed by atoms with Gasteiger partial charge in [0.15, 0.2) is 0 Å². The molecule has 2 rings (SSSR count). The Labute approximate surface area is 102 Å². The second kappa shape index (κ2) is 5.05. The normalized spacial score (nSPS) is 10.4. The van der Waals surface area contributed by atoms with Crippen LogP contribution in [-0.2, 0) is 11.2 Å². The Kier molecular flexibility index (Phi) is 3.49. The predicted octanol–water partition coefficient (Wildman–Crippen LogP) is 2.97. The smallest absolute Gasteiger partial charge is 0.303 e. The van der Waals surface area contributed by atoms with Crippen molar-refractivity contribution in [2.45, 2.75) is 12.8 Å². The highest BCUT2D eigenvalue weighted by Crippen LogP contribution is 2.24. The van der Waals surface area contributed by atoms with Gasteiger partial charge < -0.3 is 5.11 Å². The van der Waals surface area contributed by atoms with Crippen LogP contribution in [0, 0.1) is 5.82 Å². The molecule has 1 aromatic heterocycles. The van der Waals surface area contributed by atoms with E-state index >= 15 is 0 Å². The Morgan fingerprint density at radius 1 is 1.35 bits per heavy atom. The highest BCUT2D eigenvalue weighted by molar-refractivity contribution is 7.13. The van der Waals surface area contributed by atoms with Gasteiger partial charge in [0.1, 0.15) is 10.8 Å². The lowest BCUT2D eigenvalue weighted by Gasteiger charge is -1.95. The van der Waals surface area contributed by atoms with Crippen molar-refractivity contribution < 1.29 is 14.3 Å². The molecule has 0 aliphatic rings. The summed E-state index contributed by atoms with van der Waals surface area (Å²) in [5, 5.41) is 11.2. The van der Waals surface area contributed by atoms with Crippen LogP contribution in [0.5, 0.6) is 0 Å². The summed E-state index contributed by atoms with van der Waals surface area (Å²) in [5.41, 5.74) is 1.61. The molecular weight excluding hydrogens is 241 g/mol. The highest BCUT2D eigenvalue weighted by atomic mass is 32.1. The second-order valence-corrected chi connectivity index (χ2v) is 4.40. The number of hydrogen-bond donors (Lipinski definition) is 1. The summed E-state index contributed by atoms with van der Waals surface area (Å²) in [6, 6.07) is 6.09. The van der Waals surface area contributed by atoms with E-state index in [4.69, 9.17) is 5.11 Å². The summed E-state index contributed by atoms with van der Waals surface area (Å²) in [7, 11) is 0. The molecule has 0 bridgehead atoms. The third-order valence-electron chi connectivity index (χ3n) is 2.24. The third kappa shape index (κ3) is 3.10. The molecule has 88 valence electrons. The van der Waals surface area contributed by atoms with Gasteiger partial charge in [-0.15, -0.1) is 11.3 Å². The van der Waals surface area contributed by atoms with E-state index in [1.54, 1.807) is 12.1 Å². The van der Waals surface area contributed by atoms with Gasteiger partial charge in [-0.3, -0.25) is 4.79 Å². The molecule has 3 nitrogen and oxygen atoms in total. The van der Waals surface area contributed by atoms with Crippen LogP contribution in [0.25, 0.3) is 10.6 Å². The molecule has 0 spiro atoms. The van der Waals surface area contributed by atoms with E-state index in [0.717, 1.165) is 16.3 Å². The van der Waals surface area contributed by atoms with Crippen molar-refractivity contribution in [3.8, 4) is 10.6 Å². The average Bonchev–Trinajstić information content (AvgIpc) is 2.76. The minimum atomic E-state index is -0.832. The molecule has 0 atom stereocenters. The molecule has 0 amide bonds. The summed E-state index contributed by atoms with van der Waals surface area (Å²) in [6.45, 7) is 0. The van der Waals surface area contributed by atoms with Crippen molar-refractivity contribution in [3.63, 3.8) is 0 Å². The molecule has 17 heavy (non-hydrogen) atoms. The van der Waals surface area contributed by atoms with E-state index in [0.29, 0.717) is 6.42 Å². The predicted molar refractivity (Wildman–Crippen MR) is 63.5 cm³/mol. The van der Waals surface area contributed by atoms with E-state index in [1.165, 1.54) is 23.5 Å². The van der Waals surface area contributed by atoms with Crippen LogP contribution in [0.2, 0.25) is 0 Å². The number of benzene rings is 1. The number of rotatable bonds is 4. The number of hydrogen-bond acceptors (Lipinski definition) is 3. The van der Waals surface area contributed by atoms with Crippen molar-refractivity contribution in [3.05, 3.63) is 41.2 Å². The second-order valence-electron chi connectivity index (χ2n) is 3.54. The summed E-state index contributed by atoms with van der Waals surface area (Å²) in [4.78, 5) is 14.7. The van der Waals surface area contributed by atoms with Crippen LogP contribution >= 0.6 is 11.3 Å². The van der Waals surface area contributed by atoms with Crippen molar-refractivity contribution in [1.29, 1.82) is 0 Å². The molecule has 0 saturated carbocycles. The molecule has 0 radical (unpaired) electrons. The van der Waals surface area contributed by atoms with Crippen LogP contribution in [0.1, 0.15) is 12.1 Å². The molecule has 5 heteroatoms. The van der Waals surface area contributed by atoms with Crippen molar-refractivity contribution in [1.82, 2.24) is 4.98 Å². The molecule has 0 aliphatic carbocycles. The number of halogens is 1. The summed E-state index contributed by atoms with van der Waals surface area (Å²) in [5.74, 6) is -1.11. The molecule has 1 aromatic carbocycles. The molecule has 1 heterocycles. The van der Waals surface area contributed by atoms with Gasteiger partial charge in [0, 0.05) is 17.4 Å². The number of carboxylic acids is 1. The van der Waals surface area contributed by atoms with Crippen molar-refractivity contribution in [2.75, 3.05) is 0 Å². The van der Waals surface area contributed by atoms with Crippen LogP contribution in [0.15, 0.2) is 29.6 Å². The summed E-state index contributed by atoms with van der Waals surface area (Å²) < 4.78 is 12.7. The number of carbonyl (C=O) groups is 1. The fraction of sp³-hybridized carbons (Fsp3) is 0.167. The van der Waals surface area contributed by atoms with Gasteiger partial charge in [0.25, 0.3) is 0 Å². The Morgan fingerprint density at radius 3 is 2.71 bits per heavy atom. The van der Waals surface area contributed by atoms with Gasteiger partial charge in [-0.25, -0.2) is 9.37 Å². The lowest BCUT2D eigenvalue weighted by Crippen LogP contribution is -1.97. The van der Waals surface area contributed by atoms with Crippen LogP contribution in [0.3, 0.4) is 0 Å². The first kappa shape index (κ1) is 11.7. The SMILES string of the molecule is O=C(O)CCc1csc(-c2ccc(F)cc2)n1. The van der Waals surface area contributed by atoms with Gasteiger partial charge in [-0.05, 0) is 24.3 Å². The zero-order chi connectivity index (χ0) is 12.3.